The van der Waals surface area contributed by atoms with Crippen LogP contribution in [0, 0.1) is 30.9 Å². The third-order valence-electron chi connectivity index (χ3n) is 5.52. The van der Waals surface area contributed by atoms with Gasteiger partial charge < -0.3 is 4.74 Å². The predicted octanol–water partition coefficient (Wildman–Crippen LogP) is 4.76. The molecular weight excluding hydrogens is 470 g/mol. The maximum absolute atomic E-state index is 13.6. The molecule has 0 aliphatic rings. The van der Waals surface area contributed by atoms with Crippen molar-refractivity contribution in [2.24, 2.45) is 0 Å². The summed E-state index contributed by atoms with van der Waals surface area (Å²) in [4.78, 5) is 22.9. The molecule has 10 heteroatoms. The first-order valence-electron chi connectivity index (χ1n) is 10.5. The van der Waals surface area contributed by atoms with Crippen LogP contribution in [0.15, 0.2) is 82.6 Å². The molecule has 0 saturated carbocycles. The fourth-order valence-corrected chi connectivity index (χ4v) is 5.03. The van der Waals surface area contributed by atoms with Crippen molar-refractivity contribution in [3.63, 3.8) is 0 Å². The standard InChI is InChI=1S/C25H21N3O6S/c1-16-9-10-19(15-17(16)2)25(29)34-24-23(18(3)26-27(24)20-7-5-4-6-8-20)35(32,33)22-13-11-21(12-14-22)28(30)31/h4-15H,1-3H3. The number of ether oxygens (including phenoxy) is 1. The van der Waals surface area contributed by atoms with Gasteiger partial charge in [-0.2, -0.15) is 9.78 Å². The van der Waals surface area contributed by atoms with Crippen LogP contribution in [0.25, 0.3) is 5.69 Å². The van der Waals surface area contributed by atoms with Crippen molar-refractivity contribution in [1.29, 1.82) is 0 Å². The molecule has 0 fully saturated rings. The molecular formula is C25H21N3O6S. The Morgan fingerprint density at radius 3 is 2.20 bits per heavy atom. The number of esters is 1. The average molecular weight is 492 g/mol. The zero-order valence-electron chi connectivity index (χ0n) is 19.1. The number of benzene rings is 3. The molecule has 1 aromatic heterocycles. The highest BCUT2D eigenvalue weighted by molar-refractivity contribution is 7.91. The predicted molar refractivity (Wildman–Crippen MR) is 128 cm³/mol. The molecule has 0 N–H and O–H groups in total. The minimum absolute atomic E-state index is 0.107. The molecule has 3 aromatic carbocycles. The quantitative estimate of drug-likeness (QED) is 0.217. The lowest BCUT2D eigenvalue weighted by Gasteiger charge is -2.11. The van der Waals surface area contributed by atoms with Crippen molar-refractivity contribution in [1.82, 2.24) is 9.78 Å². The van der Waals surface area contributed by atoms with E-state index < -0.39 is 20.7 Å². The maximum Gasteiger partial charge on any atom is 0.344 e. The molecule has 0 saturated heterocycles. The van der Waals surface area contributed by atoms with Crippen LogP contribution in [0.1, 0.15) is 27.2 Å². The number of aromatic nitrogens is 2. The zero-order chi connectivity index (χ0) is 25.3. The van der Waals surface area contributed by atoms with Gasteiger partial charge in [0.25, 0.3) is 5.69 Å². The minimum Gasteiger partial charge on any atom is -0.402 e. The van der Waals surface area contributed by atoms with Crippen LogP contribution < -0.4 is 4.74 Å². The second-order valence-electron chi connectivity index (χ2n) is 7.91. The van der Waals surface area contributed by atoms with Crippen LogP contribution in [0.5, 0.6) is 5.88 Å². The Morgan fingerprint density at radius 2 is 1.60 bits per heavy atom. The van der Waals surface area contributed by atoms with E-state index in [0.29, 0.717) is 5.69 Å². The summed E-state index contributed by atoms with van der Waals surface area (Å²) < 4.78 is 34.1. The molecule has 0 aliphatic carbocycles. The molecule has 4 rings (SSSR count). The summed E-state index contributed by atoms with van der Waals surface area (Å²) in [7, 11) is -4.26. The Bertz CT molecular complexity index is 1540. The molecule has 0 radical (unpaired) electrons. The number of nitro benzene ring substituents is 1. The van der Waals surface area contributed by atoms with E-state index in [1.165, 1.54) is 11.6 Å². The van der Waals surface area contributed by atoms with Gasteiger partial charge in [-0.25, -0.2) is 13.2 Å². The highest BCUT2D eigenvalue weighted by atomic mass is 32.2. The fourth-order valence-electron chi connectivity index (χ4n) is 3.51. The van der Waals surface area contributed by atoms with Crippen molar-refractivity contribution in [3.8, 4) is 11.6 Å². The first-order valence-corrected chi connectivity index (χ1v) is 12.0. The number of hydrogen-bond acceptors (Lipinski definition) is 7. The first kappa shape index (κ1) is 23.8. The van der Waals surface area contributed by atoms with Gasteiger partial charge in [-0.3, -0.25) is 10.1 Å². The Morgan fingerprint density at radius 1 is 0.943 bits per heavy atom. The van der Waals surface area contributed by atoms with E-state index in [1.807, 2.05) is 13.8 Å². The molecule has 1 heterocycles. The summed E-state index contributed by atoms with van der Waals surface area (Å²) in [5.41, 5.74) is 2.48. The normalized spacial score (nSPS) is 11.3. The van der Waals surface area contributed by atoms with Gasteiger partial charge in [0.2, 0.25) is 15.7 Å². The van der Waals surface area contributed by atoms with Gasteiger partial charge in [0.05, 0.1) is 26.8 Å². The van der Waals surface area contributed by atoms with Gasteiger partial charge in [-0.15, -0.1) is 0 Å². The second kappa shape index (κ2) is 9.15. The third kappa shape index (κ3) is 4.56. The van der Waals surface area contributed by atoms with E-state index in [-0.39, 0.29) is 32.6 Å². The summed E-state index contributed by atoms with van der Waals surface area (Å²) >= 11 is 0. The summed E-state index contributed by atoms with van der Waals surface area (Å²) in [6.45, 7) is 5.26. The number of nitrogens with zero attached hydrogens (tertiary/aromatic N) is 3. The summed E-state index contributed by atoms with van der Waals surface area (Å²) in [5.74, 6) is -1.01. The summed E-state index contributed by atoms with van der Waals surface area (Å²) in [6.07, 6.45) is 0. The second-order valence-corrected chi connectivity index (χ2v) is 9.80. The Balaban J connectivity index is 1.87. The molecule has 0 unspecified atom stereocenters. The zero-order valence-corrected chi connectivity index (χ0v) is 19.9. The van der Waals surface area contributed by atoms with Crippen LogP contribution in [-0.2, 0) is 9.84 Å². The molecule has 0 bridgehead atoms. The lowest BCUT2D eigenvalue weighted by Crippen LogP contribution is -2.14. The molecule has 178 valence electrons. The molecule has 0 spiro atoms. The molecule has 0 aliphatic heterocycles. The van der Waals surface area contributed by atoms with Gasteiger partial charge in [-0.1, -0.05) is 24.3 Å². The number of carbonyl (C=O) groups is 1. The van der Waals surface area contributed by atoms with E-state index in [2.05, 4.69) is 5.10 Å². The van der Waals surface area contributed by atoms with E-state index in [9.17, 15) is 23.3 Å². The van der Waals surface area contributed by atoms with Gasteiger partial charge in [0, 0.05) is 12.1 Å². The van der Waals surface area contributed by atoms with Crippen molar-refractivity contribution >= 4 is 21.5 Å². The Kier molecular flexibility index (Phi) is 6.23. The van der Waals surface area contributed by atoms with Crippen LogP contribution in [0.2, 0.25) is 0 Å². The number of rotatable bonds is 6. The smallest absolute Gasteiger partial charge is 0.344 e. The number of aryl methyl sites for hydroxylation is 3. The van der Waals surface area contributed by atoms with Crippen molar-refractivity contribution < 1.29 is 22.9 Å². The largest absolute Gasteiger partial charge is 0.402 e. The molecule has 9 nitrogen and oxygen atoms in total. The monoisotopic (exact) mass is 491 g/mol. The number of carbonyl (C=O) groups excluding carboxylic acids is 1. The molecule has 4 aromatic rings. The van der Waals surface area contributed by atoms with Crippen LogP contribution in [-0.4, -0.2) is 29.1 Å². The van der Waals surface area contributed by atoms with E-state index in [4.69, 9.17) is 4.74 Å². The number of nitro groups is 1. The van der Waals surface area contributed by atoms with Crippen LogP contribution in [0.3, 0.4) is 0 Å². The van der Waals surface area contributed by atoms with Crippen LogP contribution in [0.4, 0.5) is 5.69 Å². The average Bonchev–Trinajstić information content (AvgIpc) is 3.17. The Labute approximate surface area is 201 Å². The van der Waals surface area contributed by atoms with Gasteiger partial charge in [-0.05, 0) is 68.3 Å². The lowest BCUT2D eigenvalue weighted by molar-refractivity contribution is -0.384. The fraction of sp³-hybridized carbons (Fsp3) is 0.120. The topological polar surface area (TPSA) is 121 Å². The van der Waals surface area contributed by atoms with Crippen molar-refractivity contribution in [2.75, 3.05) is 0 Å². The first-order chi connectivity index (χ1) is 16.6. The van der Waals surface area contributed by atoms with Crippen molar-refractivity contribution in [3.05, 3.63) is 105 Å². The maximum atomic E-state index is 13.6. The highest BCUT2D eigenvalue weighted by Crippen LogP contribution is 2.35. The van der Waals surface area contributed by atoms with Crippen LogP contribution >= 0.6 is 0 Å². The minimum atomic E-state index is -4.26. The molecule has 0 atom stereocenters. The van der Waals surface area contributed by atoms with E-state index in [1.54, 1.807) is 48.5 Å². The summed E-state index contributed by atoms with van der Waals surface area (Å²) in [5, 5.41) is 15.3. The third-order valence-corrected chi connectivity index (χ3v) is 7.42. The van der Waals surface area contributed by atoms with Crippen molar-refractivity contribution in [2.45, 2.75) is 30.6 Å². The number of sulfone groups is 1. The number of non-ortho nitro benzene ring substituents is 1. The van der Waals surface area contributed by atoms with E-state index >= 15 is 0 Å². The molecule has 35 heavy (non-hydrogen) atoms. The number of para-hydroxylation sites is 1. The Hall–Kier alpha value is -4.31. The van der Waals surface area contributed by atoms with Gasteiger partial charge >= 0.3 is 5.97 Å². The lowest BCUT2D eigenvalue weighted by atomic mass is 10.1. The number of hydrogen-bond donors (Lipinski definition) is 0. The van der Waals surface area contributed by atoms with E-state index in [0.717, 1.165) is 35.4 Å². The SMILES string of the molecule is Cc1ccc(C(=O)Oc2c(S(=O)(=O)c3ccc([N+](=O)[O-])cc3)c(C)nn2-c2ccccc2)cc1C. The van der Waals surface area contributed by atoms with Gasteiger partial charge in [0.1, 0.15) is 0 Å². The summed E-state index contributed by atoms with van der Waals surface area (Å²) in [6, 6.07) is 18.2. The highest BCUT2D eigenvalue weighted by Gasteiger charge is 2.32. The molecule has 0 amide bonds. The van der Waals surface area contributed by atoms with Gasteiger partial charge in [0.15, 0.2) is 4.90 Å².